The molecule has 170 valence electrons. The maximum absolute atomic E-state index is 13.3. The topological polar surface area (TPSA) is 106 Å². The molecule has 0 bridgehead atoms. The van der Waals surface area contributed by atoms with Crippen LogP contribution in [-0.4, -0.2) is 48.8 Å². The molecule has 0 amide bonds. The molecular formula is C24H25N5O3S. The highest BCUT2D eigenvalue weighted by Gasteiger charge is 2.33. The predicted molar refractivity (Wildman–Crippen MR) is 127 cm³/mol. The zero-order valence-electron chi connectivity index (χ0n) is 18.9. The van der Waals surface area contributed by atoms with Gasteiger partial charge in [-0.25, -0.2) is 4.79 Å². The number of aryl methyl sites for hydroxylation is 1. The average molecular weight is 464 g/mol. The molecule has 1 aliphatic carbocycles. The normalized spacial score (nSPS) is 14.5. The molecule has 1 saturated carbocycles. The van der Waals surface area contributed by atoms with Crippen molar-refractivity contribution in [3.8, 4) is 11.4 Å². The second-order valence-electron chi connectivity index (χ2n) is 8.40. The molecule has 4 aromatic rings. The van der Waals surface area contributed by atoms with Gasteiger partial charge in [-0.05, 0) is 45.2 Å². The number of esters is 1. The summed E-state index contributed by atoms with van der Waals surface area (Å²) in [7, 11) is 1.34. The van der Waals surface area contributed by atoms with E-state index in [9.17, 15) is 9.59 Å². The van der Waals surface area contributed by atoms with Gasteiger partial charge in [-0.15, -0.1) is 10.2 Å². The first-order chi connectivity index (χ1) is 15.9. The molecule has 0 radical (unpaired) electrons. The summed E-state index contributed by atoms with van der Waals surface area (Å²) in [4.78, 5) is 31.8. The molecule has 1 atom stereocenters. The Morgan fingerprint density at radius 1 is 1.21 bits per heavy atom. The fourth-order valence-electron chi connectivity index (χ4n) is 4.28. The van der Waals surface area contributed by atoms with Gasteiger partial charge in [-0.1, -0.05) is 30.0 Å². The third-order valence-corrected chi connectivity index (χ3v) is 7.19. The van der Waals surface area contributed by atoms with E-state index in [1.165, 1.54) is 18.9 Å². The second kappa shape index (κ2) is 8.22. The third kappa shape index (κ3) is 3.66. The highest BCUT2D eigenvalue weighted by atomic mass is 32.2. The molecule has 8 nitrogen and oxygen atoms in total. The zero-order chi connectivity index (χ0) is 23.3. The summed E-state index contributed by atoms with van der Waals surface area (Å²) in [6.45, 7) is 5.39. The lowest BCUT2D eigenvalue weighted by atomic mass is 10.1. The minimum atomic E-state index is -0.447. The Kier molecular flexibility index (Phi) is 5.36. The van der Waals surface area contributed by atoms with E-state index in [1.807, 2.05) is 31.3 Å². The number of H-pyrrole nitrogens is 2. The van der Waals surface area contributed by atoms with E-state index in [-0.39, 0.29) is 5.78 Å². The van der Waals surface area contributed by atoms with Crippen molar-refractivity contribution >= 4 is 34.4 Å². The SMILES string of the molecule is COC(=O)c1c(C)[nH]c(C(=O)[C@@H](C)Sc2nnc(-c3c[nH]c4ccccc34)n2C2CC2)c1C. The Hall–Kier alpha value is -3.33. The van der Waals surface area contributed by atoms with E-state index in [1.54, 1.807) is 13.8 Å². The number of Topliss-reactive ketones (excluding diaryl/α,β-unsaturated/α-hetero) is 1. The van der Waals surface area contributed by atoms with Crippen LogP contribution < -0.4 is 0 Å². The molecule has 3 heterocycles. The number of fused-ring (bicyclic) bond motifs is 1. The number of thioether (sulfide) groups is 1. The van der Waals surface area contributed by atoms with Gasteiger partial charge in [0, 0.05) is 34.4 Å². The van der Waals surface area contributed by atoms with Gasteiger partial charge in [0.1, 0.15) is 0 Å². The van der Waals surface area contributed by atoms with Crippen molar-refractivity contribution in [1.82, 2.24) is 24.7 Å². The number of rotatable bonds is 7. The van der Waals surface area contributed by atoms with Crippen LogP contribution in [0.15, 0.2) is 35.6 Å². The maximum Gasteiger partial charge on any atom is 0.339 e. The lowest BCUT2D eigenvalue weighted by Crippen LogP contribution is -2.16. The summed E-state index contributed by atoms with van der Waals surface area (Å²) in [6.07, 6.45) is 4.11. The summed E-state index contributed by atoms with van der Waals surface area (Å²) in [6, 6.07) is 8.46. The molecule has 0 aliphatic heterocycles. The number of carbonyl (C=O) groups excluding carboxylic acids is 2. The van der Waals surface area contributed by atoms with Crippen molar-refractivity contribution < 1.29 is 14.3 Å². The Bertz CT molecular complexity index is 1380. The molecule has 0 unspecified atom stereocenters. The first-order valence-electron chi connectivity index (χ1n) is 10.9. The number of ketones is 1. The largest absolute Gasteiger partial charge is 0.465 e. The molecule has 1 aromatic carbocycles. The Labute approximate surface area is 195 Å². The summed E-state index contributed by atoms with van der Waals surface area (Å²) >= 11 is 1.40. The molecular weight excluding hydrogens is 438 g/mol. The van der Waals surface area contributed by atoms with Crippen molar-refractivity contribution in [2.24, 2.45) is 0 Å². The average Bonchev–Trinajstić information content (AvgIpc) is 3.31. The van der Waals surface area contributed by atoms with E-state index in [4.69, 9.17) is 4.74 Å². The summed E-state index contributed by atoms with van der Waals surface area (Å²) in [5.41, 5.74) is 4.15. The van der Waals surface area contributed by atoms with Gasteiger partial charge in [0.15, 0.2) is 16.8 Å². The fourth-order valence-corrected chi connectivity index (χ4v) is 5.26. The molecule has 3 aromatic heterocycles. The van der Waals surface area contributed by atoms with Crippen LogP contribution in [0.25, 0.3) is 22.3 Å². The van der Waals surface area contributed by atoms with Gasteiger partial charge in [-0.2, -0.15) is 0 Å². The smallest absolute Gasteiger partial charge is 0.339 e. The monoisotopic (exact) mass is 463 g/mol. The number of hydrogen-bond acceptors (Lipinski definition) is 6. The van der Waals surface area contributed by atoms with E-state index in [0.717, 1.165) is 40.3 Å². The number of methoxy groups -OCH3 is 1. The van der Waals surface area contributed by atoms with Crippen molar-refractivity contribution in [3.63, 3.8) is 0 Å². The zero-order valence-corrected chi connectivity index (χ0v) is 19.7. The van der Waals surface area contributed by atoms with Gasteiger partial charge in [0.2, 0.25) is 0 Å². The minimum absolute atomic E-state index is 0.0882. The van der Waals surface area contributed by atoms with Gasteiger partial charge in [0.25, 0.3) is 0 Å². The van der Waals surface area contributed by atoms with Crippen LogP contribution in [0.2, 0.25) is 0 Å². The number of hydrogen-bond donors (Lipinski definition) is 2. The number of aromatic nitrogens is 5. The van der Waals surface area contributed by atoms with Crippen LogP contribution in [0.1, 0.15) is 57.9 Å². The second-order valence-corrected chi connectivity index (χ2v) is 9.70. The van der Waals surface area contributed by atoms with Gasteiger partial charge < -0.3 is 14.7 Å². The molecule has 33 heavy (non-hydrogen) atoms. The highest BCUT2D eigenvalue weighted by Crippen LogP contribution is 2.43. The van der Waals surface area contributed by atoms with Crippen LogP contribution in [0.3, 0.4) is 0 Å². The molecule has 9 heteroatoms. The number of nitrogens with zero attached hydrogens (tertiary/aromatic N) is 3. The Balaban J connectivity index is 1.46. The number of nitrogens with one attached hydrogen (secondary N) is 2. The van der Waals surface area contributed by atoms with Crippen LogP contribution >= 0.6 is 11.8 Å². The number of para-hydroxylation sites is 1. The quantitative estimate of drug-likeness (QED) is 0.230. The van der Waals surface area contributed by atoms with Crippen molar-refractivity contribution in [3.05, 3.63) is 53.0 Å². The Morgan fingerprint density at radius 2 is 1.97 bits per heavy atom. The molecule has 0 spiro atoms. The lowest BCUT2D eigenvalue weighted by Gasteiger charge is -2.12. The van der Waals surface area contributed by atoms with Crippen LogP contribution in [0, 0.1) is 13.8 Å². The van der Waals surface area contributed by atoms with Gasteiger partial charge in [-0.3, -0.25) is 9.36 Å². The minimum Gasteiger partial charge on any atom is -0.465 e. The van der Waals surface area contributed by atoms with Gasteiger partial charge in [0.05, 0.1) is 23.6 Å². The Morgan fingerprint density at radius 3 is 2.70 bits per heavy atom. The van der Waals surface area contributed by atoms with E-state index >= 15 is 0 Å². The molecule has 1 aliphatic rings. The first-order valence-corrected chi connectivity index (χ1v) is 11.8. The van der Waals surface area contributed by atoms with E-state index < -0.39 is 11.2 Å². The molecule has 2 N–H and O–H groups in total. The number of carbonyl (C=O) groups is 2. The molecule has 5 rings (SSSR count). The van der Waals surface area contributed by atoms with Crippen molar-refractivity contribution in [2.75, 3.05) is 7.11 Å². The standard InChI is InChI=1S/C24H25N5O3S/c1-12-19(23(31)32-4)13(2)26-20(12)21(30)14(3)33-24-28-27-22(29(24)15-9-10-15)17-11-25-18-8-6-5-7-16(17)18/h5-8,11,14-15,25-26H,9-10H2,1-4H3/t14-/m1/s1. The van der Waals surface area contributed by atoms with E-state index in [0.29, 0.717) is 28.6 Å². The highest BCUT2D eigenvalue weighted by molar-refractivity contribution is 8.00. The summed E-state index contributed by atoms with van der Waals surface area (Å²) in [5, 5.41) is 10.4. The maximum atomic E-state index is 13.3. The molecule has 1 fully saturated rings. The van der Waals surface area contributed by atoms with E-state index in [2.05, 4.69) is 30.8 Å². The summed E-state index contributed by atoms with van der Waals surface area (Å²) in [5.74, 6) is 0.282. The third-order valence-electron chi connectivity index (χ3n) is 6.13. The number of benzene rings is 1. The first kappa shape index (κ1) is 21.5. The van der Waals surface area contributed by atoms with Crippen LogP contribution in [0.5, 0.6) is 0 Å². The number of ether oxygens (including phenoxy) is 1. The lowest BCUT2D eigenvalue weighted by molar-refractivity contribution is 0.0599. The fraction of sp³-hybridized carbons (Fsp3) is 0.333. The van der Waals surface area contributed by atoms with Crippen molar-refractivity contribution in [2.45, 2.75) is 50.1 Å². The summed E-state index contributed by atoms with van der Waals surface area (Å²) < 4.78 is 7.03. The predicted octanol–water partition coefficient (Wildman–Crippen LogP) is 4.86. The van der Waals surface area contributed by atoms with Crippen LogP contribution in [0.4, 0.5) is 0 Å². The van der Waals surface area contributed by atoms with Crippen molar-refractivity contribution in [1.29, 1.82) is 0 Å². The molecule has 0 saturated heterocycles. The van der Waals surface area contributed by atoms with Crippen LogP contribution in [-0.2, 0) is 4.74 Å². The van der Waals surface area contributed by atoms with Gasteiger partial charge >= 0.3 is 5.97 Å². The number of aromatic amines is 2.